The number of aromatic amines is 2. The van der Waals surface area contributed by atoms with Crippen LogP contribution in [0.25, 0.3) is 72.9 Å². The van der Waals surface area contributed by atoms with Crippen molar-refractivity contribution in [3.63, 3.8) is 0 Å². The molecule has 3 aromatic carbocycles. The van der Waals surface area contributed by atoms with Gasteiger partial charge in [-0.3, -0.25) is 9.59 Å². The Morgan fingerprint density at radius 1 is 0.771 bits per heavy atom. The molecule has 1 aliphatic heterocycles. The highest BCUT2D eigenvalue weighted by atomic mass is 35.5. The Morgan fingerprint density at radius 2 is 1.39 bits per heavy atom. The first-order chi connectivity index (χ1) is 33.8. The Hall–Kier alpha value is -7.29. The number of anilines is 3. The first-order valence-electron chi connectivity index (χ1n) is 23.1. The molecule has 0 unspecified atom stereocenters. The minimum absolute atomic E-state index is 0.321. The molecule has 15 heteroatoms. The van der Waals surface area contributed by atoms with Gasteiger partial charge in [0, 0.05) is 95.6 Å². The fourth-order valence-electron chi connectivity index (χ4n) is 8.81. The van der Waals surface area contributed by atoms with E-state index in [-0.39, 0.29) is 11.8 Å². The number of nitrogens with one attached hydrogen (secondary N) is 4. The Balaban J connectivity index is 1.09. The minimum atomic E-state index is -0.348. The van der Waals surface area contributed by atoms with E-state index in [4.69, 9.17) is 32.9 Å². The molecule has 70 heavy (non-hydrogen) atoms. The maximum atomic E-state index is 14.2. The normalized spacial score (nSPS) is 13.2. The fraction of sp³-hybridized carbons (Fsp3) is 0.218. The highest BCUT2D eigenvalue weighted by molar-refractivity contribution is 6.37. The molecule has 13 nitrogen and oxygen atoms in total. The van der Waals surface area contributed by atoms with Crippen molar-refractivity contribution in [1.29, 1.82) is 0 Å². The van der Waals surface area contributed by atoms with Crippen LogP contribution in [0.3, 0.4) is 0 Å². The number of carbonyl (C=O) groups is 2. The van der Waals surface area contributed by atoms with Crippen LogP contribution in [0.4, 0.5) is 17.2 Å². The summed E-state index contributed by atoms with van der Waals surface area (Å²) in [6.45, 7) is 12.4. The predicted molar refractivity (Wildman–Crippen MR) is 286 cm³/mol. The summed E-state index contributed by atoms with van der Waals surface area (Å²) in [5, 5.41) is 8.63. The zero-order chi connectivity index (χ0) is 49.1. The number of pyridine rings is 3. The number of hydrogen-bond donors (Lipinski definition) is 4. The van der Waals surface area contributed by atoms with Gasteiger partial charge in [0.15, 0.2) is 0 Å². The van der Waals surface area contributed by atoms with Gasteiger partial charge in [0.05, 0.1) is 33.7 Å². The Labute approximate surface area is 417 Å². The molecule has 1 saturated heterocycles. The number of benzene rings is 3. The van der Waals surface area contributed by atoms with Gasteiger partial charge in [-0.15, -0.1) is 0 Å². The summed E-state index contributed by atoms with van der Waals surface area (Å²) in [5.74, 6) is 0.884. The van der Waals surface area contributed by atoms with Gasteiger partial charge in [0.2, 0.25) is 11.8 Å². The number of amides is 2. The number of nitrogens with zero attached hydrogens (tertiary/aromatic N) is 6. The van der Waals surface area contributed by atoms with E-state index in [1.165, 1.54) is 12.2 Å². The van der Waals surface area contributed by atoms with Crippen LogP contribution in [-0.4, -0.2) is 107 Å². The molecular formula is C55H54Cl2N10O3. The van der Waals surface area contributed by atoms with Crippen molar-refractivity contribution in [2.24, 2.45) is 0 Å². The zero-order valence-corrected chi connectivity index (χ0v) is 41.3. The number of ether oxygens (including phenoxy) is 1. The van der Waals surface area contributed by atoms with Gasteiger partial charge in [0.25, 0.3) is 0 Å². The average molecular weight is 974 g/mol. The smallest absolute Gasteiger partial charge is 0.248 e. The number of carbonyl (C=O) groups excluding carboxylic acids is 2. The van der Waals surface area contributed by atoms with Gasteiger partial charge in [-0.1, -0.05) is 66.2 Å². The maximum absolute atomic E-state index is 14.2. The van der Waals surface area contributed by atoms with Crippen LogP contribution in [0.15, 0.2) is 116 Å². The lowest BCUT2D eigenvalue weighted by Crippen LogP contribution is -2.44. The van der Waals surface area contributed by atoms with Gasteiger partial charge in [-0.05, 0) is 124 Å². The number of likely N-dealkylation sites (N-methyl/N-ethyl adjacent to an activating group) is 1. The van der Waals surface area contributed by atoms with Crippen LogP contribution in [-0.2, 0) is 9.59 Å². The summed E-state index contributed by atoms with van der Waals surface area (Å²) < 4.78 is 6.17. The van der Waals surface area contributed by atoms with E-state index in [1.807, 2.05) is 101 Å². The molecule has 1 aliphatic rings. The molecule has 356 valence electrons. The first-order valence-corrected chi connectivity index (χ1v) is 23.9. The van der Waals surface area contributed by atoms with Gasteiger partial charge < -0.3 is 40.0 Å². The molecule has 2 amide bonds. The summed E-state index contributed by atoms with van der Waals surface area (Å²) in [7, 11) is 6.21. The van der Waals surface area contributed by atoms with Crippen LogP contribution < -0.4 is 20.3 Å². The number of H-pyrrole nitrogens is 2. The number of piperazine rings is 1. The molecule has 0 aliphatic carbocycles. The van der Waals surface area contributed by atoms with Crippen molar-refractivity contribution in [2.45, 2.75) is 20.3 Å². The van der Waals surface area contributed by atoms with Crippen LogP contribution >= 0.6 is 23.2 Å². The highest BCUT2D eigenvalue weighted by Gasteiger charge is 2.24. The molecule has 6 heterocycles. The lowest BCUT2D eigenvalue weighted by molar-refractivity contribution is -0.112. The van der Waals surface area contributed by atoms with Crippen LogP contribution in [0.2, 0.25) is 10.0 Å². The molecule has 0 spiro atoms. The third kappa shape index (κ3) is 10.2. The fourth-order valence-corrected chi connectivity index (χ4v) is 9.29. The van der Waals surface area contributed by atoms with Crippen LogP contribution in [0, 0.1) is 13.8 Å². The van der Waals surface area contributed by atoms with Crippen molar-refractivity contribution in [1.82, 2.24) is 34.7 Å². The molecule has 1 fully saturated rings. The number of fused-ring (bicyclic) bond motifs is 2. The summed E-state index contributed by atoms with van der Waals surface area (Å²) >= 11 is 13.9. The van der Waals surface area contributed by atoms with Gasteiger partial charge >= 0.3 is 0 Å². The van der Waals surface area contributed by atoms with E-state index in [0.29, 0.717) is 56.1 Å². The van der Waals surface area contributed by atoms with Crippen molar-refractivity contribution in [3.05, 3.63) is 143 Å². The Bertz CT molecular complexity index is 3310. The van der Waals surface area contributed by atoms with E-state index in [0.717, 1.165) is 106 Å². The molecule has 0 bridgehead atoms. The van der Waals surface area contributed by atoms with E-state index in [1.54, 1.807) is 30.6 Å². The molecule has 8 aromatic rings. The number of aryl methyl sites for hydroxylation is 2. The van der Waals surface area contributed by atoms with Gasteiger partial charge in [0.1, 0.15) is 22.9 Å². The largest absolute Gasteiger partial charge is 0.494 e. The average Bonchev–Trinajstić information content (AvgIpc) is 3.95. The standard InChI is InChI=1S/C55H54Cl2N10O3/c1-7-46(68)61-43-32-36(15-13-33(43)2)49-51-41(57)21-23-59-55(51)64-53(49)39-16-18-45(67-27-25-66(6)26-28-67)60-42(39)17-19-47(69)62-44-31-35(14-12-34(44)3)48-50-40(56)20-22-58-54(50)63-52(48)37-10-8-11-38(30-37)70-29-9-24-65(4)5/h7-8,10-23,30-32H,1,9,24-29H2,2-6H3,(H,58,63)(H,59,64)(H,61,68)(H,62,69)/b19-17+. The van der Waals surface area contributed by atoms with E-state index in [9.17, 15) is 9.59 Å². The van der Waals surface area contributed by atoms with Crippen molar-refractivity contribution < 1.29 is 14.3 Å². The number of halogens is 2. The molecule has 5 aromatic heterocycles. The SMILES string of the molecule is C=CC(=O)Nc1cc(-c2c(-c3ccc(N4CCN(C)CC4)nc3/C=C/C(=O)Nc3cc(-c4c(-c5cccc(OCCCN(C)C)c5)[nH]c5nccc(Cl)c45)ccc3C)[nH]c3nccc(Cl)c23)ccc1C. The summed E-state index contributed by atoms with van der Waals surface area (Å²) in [6, 6.07) is 27.4. The monoisotopic (exact) mass is 972 g/mol. The Kier molecular flexibility index (Phi) is 14.2. The minimum Gasteiger partial charge on any atom is -0.494 e. The topological polar surface area (TPSA) is 147 Å². The second-order valence-corrected chi connectivity index (χ2v) is 18.6. The van der Waals surface area contributed by atoms with Crippen LogP contribution in [0.5, 0.6) is 5.75 Å². The molecule has 4 N–H and O–H groups in total. The highest BCUT2D eigenvalue weighted by Crippen LogP contribution is 2.45. The third-order valence-electron chi connectivity index (χ3n) is 12.6. The Morgan fingerprint density at radius 3 is 2.01 bits per heavy atom. The second-order valence-electron chi connectivity index (χ2n) is 17.8. The van der Waals surface area contributed by atoms with Crippen molar-refractivity contribution in [2.75, 3.05) is 76.0 Å². The van der Waals surface area contributed by atoms with Gasteiger partial charge in [-0.25, -0.2) is 15.0 Å². The third-order valence-corrected chi connectivity index (χ3v) is 13.2. The van der Waals surface area contributed by atoms with Crippen LogP contribution in [0.1, 0.15) is 23.2 Å². The first kappa shape index (κ1) is 47.8. The number of aromatic nitrogens is 5. The number of hydrogen-bond acceptors (Lipinski definition) is 9. The van der Waals surface area contributed by atoms with Crippen molar-refractivity contribution in [3.8, 4) is 50.5 Å². The lowest BCUT2D eigenvalue weighted by atomic mass is 9.96. The van der Waals surface area contributed by atoms with Gasteiger partial charge in [-0.2, -0.15) is 0 Å². The quantitative estimate of drug-likeness (QED) is 0.0582. The molecule has 0 atom stereocenters. The summed E-state index contributed by atoms with van der Waals surface area (Å²) in [4.78, 5) is 55.0. The second kappa shape index (κ2) is 20.7. The molecule has 0 radical (unpaired) electrons. The lowest BCUT2D eigenvalue weighted by Gasteiger charge is -2.33. The van der Waals surface area contributed by atoms with E-state index < -0.39 is 0 Å². The number of rotatable bonds is 15. The zero-order valence-electron chi connectivity index (χ0n) is 39.8. The summed E-state index contributed by atoms with van der Waals surface area (Å²) in [5.41, 5.74) is 11.2. The molecule has 0 saturated carbocycles. The summed E-state index contributed by atoms with van der Waals surface area (Å²) in [6.07, 6.45) is 8.73. The maximum Gasteiger partial charge on any atom is 0.248 e. The van der Waals surface area contributed by atoms with E-state index in [2.05, 4.69) is 58.9 Å². The molecular weight excluding hydrogens is 920 g/mol. The molecule has 9 rings (SSSR count). The van der Waals surface area contributed by atoms with Crippen molar-refractivity contribution >= 4 is 80.4 Å². The predicted octanol–water partition coefficient (Wildman–Crippen LogP) is 11.3. The van der Waals surface area contributed by atoms with E-state index >= 15 is 0 Å².